The normalized spacial score (nSPS) is 27.3. The number of carbonyl (C=O) groups is 5. The summed E-state index contributed by atoms with van der Waals surface area (Å²) in [7, 11) is 1.67. The van der Waals surface area contributed by atoms with Gasteiger partial charge in [0.1, 0.15) is 42.4 Å². The van der Waals surface area contributed by atoms with Crippen molar-refractivity contribution in [1.29, 1.82) is 0 Å². The summed E-state index contributed by atoms with van der Waals surface area (Å²) in [6, 6.07) is 0. The largest absolute Gasteiger partial charge is 0.394 e. The van der Waals surface area contributed by atoms with Gasteiger partial charge in [-0.05, 0) is 82.5 Å². The Morgan fingerprint density at radius 1 is 0.380 bits per heavy atom. The van der Waals surface area contributed by atoms with Gasteiger partial charge in [-0.3, -0.25) is 24.0 Å². The smallest absolute Gasteiger partial charge is 0.220 e. The lowest BCUT2D eigenvalue weighted by Crippen LogP contribution is -2.55. The molecule has 0 aromatic heterocycles. The van der Waals surface area contributed by atoms with E-state index in [9.17, 15) is 69.9 Å². The van der Waals surface area contributed by atoms with Crippen molar-refractivity contribution in [2.24, 2.45) is 23.2 Å². The summed E-state index contributed by atoms with van der Waals surface area (Å²) in [6.07, 6.45) is 2.61. The van der Waals surface area contributed by atoms with Gasteiger partial charge < -0.3 is 100 Å². The molecule has 3 aliphatic heterocycles. The first-order chi connectivity index (χ1) is 43.8. The first-order valence-corrected chi connectivity index (χ1v) is 34.7. The van der Waals surface area contributed by atoms with E-state index >= 15 is 0 Å². The molecular weight excluding hydrogens is 1200 g/mol. The highest BCUT2D eigenvalue weighted by Crippen LogP contribution is 2.31. The molecule has 3 saturated heterocycles. The Kier molecular flexibility index (Phi) is 44.9. The molecule has 25 heteroatoms. The fourth-order valence-electron chi connectivity index (χ4n) is 11.2. The van der Waals surface area contributed by atoms with Gasteiger partial charge in [0.25, 0.3) is 0 Å². The van der Waals surface area contributed by atoms with E-state index in [1.165, 1.54) is 0 Å². The molecular formula is C67H126N4O21. The third-order valence-corrected chi connectivity index (χ3v) is 17.1. The summed E-state index contributed by atoms with van der Waals surface area (Å²) in [5, 5.41) is 102. The van der Waals surface area contributed by atoms with Gasteiger partial charge in [0.05, 0.1) is 38.1 Å². The van der Waals surface area contributed by atoms with Crippen LogP contribution in [0, 0.1) is 23.2 Å². The number of nitrogens with one attached hydrogen (secondary N) is 4. The maximum absolute atomic E-state index is 13.9. The third kappa shape index (κ3) is 35.8. The van der Waals surface area contributed by atoms with Crippen LogP contribution in [0.4, 0.5) is 0 Å². The van der Waals surface area contributed by atoms with Crippen LogP contribution in [0.3, 0.4) is 0 Å². The molecule has 4 amide bonds. The van der Waals surface area contributed by atoms with E-state index in [0.717, 1.165) is 70.6 Å². The van der Waals surface area contributed by atoms with E-state index in [1.54, 1.807) is 27.9 Å². The van der Waals surface area contributed by atoms with E-state index in [-0.39, 0.29) is 87.2 Å². The fraction of sp³-hybridized carbons (Fsp3) is 0.925. The lowest BCUT2D eigenvalue weighted by molar-refractivity contribution is -0.282. The number of amides is 4. The Balaban J connectivity index is 0.00000553. The van der Waals surface area contributed by atoms with Gasteiger partial charge in [0.15, 0.2) is 18.9 Å². The summed E-state index contributed by atoms with van der Waals surface area (Å²) in [5.74, 6) is -2.49. The van der Waals surface area contributed by atoms with E-state index in [1.807, 2.05) is 0 Å². The second-order valence-electron chi connectivity index (χ2n) is 27.3. The Hall–Kier alpha value is -3.09. The maximum atomic E-state index is 13.9. The minimum atomic E-state index is -1.21. The number of carbonyl (C=O) groups excluding carboxylic acids is 5. The highest BCUT2D eigenvalue weighted by molar-refractivity contribution is 5.81. The van der Waals surface area contributed by atoms with E-state index in [0.29, 0.717) is 96.4 Å². The molecule has 25 nitrogen and oxygen atoms in total. The van der Waals surface area contributed by atoms with Crippen molar-refractivity contribution >= 4 is 29.4 Å². The molecule has 0 aromatic rings. The first-order valence-electron chi connectivity index (χ1n) is 34.7. The van der Waals surface area contributed by atoms with Gasteiger partial charge >= 0.3 is 0 Å². The number of ether oxygens (including phenoxy) is 7. The predicted molar refractivity (Wildman–Crippen MR) is 345 cm³/mol. The standard InChI is InChI=1S/C62H114N4O21.C5H12/c1-42-53(75)56(78)46(39-67)85-59(42)82-36-19-10-5-6-14-23-45(70)26-29-62(66-52(74)25-22-24-49(71)63-32-15-7-11-18-35-81-4,30-27-50(72)64-33-16-8-12-20-37-83-60-43(2)54(76)57(79)47(40-68)86-60)31-28-51(73)65-34-17-9-13-21-38-84-61-44(3)55(77)58(80)48(41-69)87-61;1-5(2,3)4/h42-44,46-48,53-61,67-69,75-80H,5-41H2,1-4H3,(H,63,71)(H,64,72)(H,65,73)(H,66,74);1-4H3/t42?,43?,44?,46?,47?,48?,53-,54-,55-,56+,57+,58+,59-,60-,61-,62?;/m1./s1. The molecule has 3 heterocycles. The van der Waals surface area contributed by atoms with Gasteiger partial charge in [-0.2, -0.15) is 0 Å². The Morgan fingerprint density at radius 2 is 0.685 bits per heavy atom. The number of rotatable bonds is 49. The monoisotopic (exact) mass is 1320 g/mol. The maximum Gasteiger partial charge on any atom is 0.220 e. The highest BCUT2D eigenvalue weighted by Gasteiger charge is 2.45. The van der Waals surface area contributed by atoms with Crippen LogP contribution in [0.5, 0.6) is 0 Å². The van der Waals surface area contributed by atoms with Crippen molar-refractivity contribution in [1.82, 2.24) is 21.3 Å². The molecule has 0 spiro atoms. The molecule has 0 radical (unpaired) electrons. The third-order valence-electron chi connectivity index (χ3n) is 17.1. The van der Waals surface area contributed by atoms with E-state index in [4.69, 9.17) is 33.2 Å². The zero-order valence-corrected chi connectivity index (χ0v) is 57.2. The number of aliphatic hydroxyl groups is 9. The summed E-state index contributed by atoms with van der Waals surface area (Å²) in [5.41, 5.74) is -0.618. The first kappa shape index (κ1) is 85.0. The summed E-state index contributed by atoms with van der Waals surface area (Å²) >= 11 is 0. The molecule has 0 aliphatic carbocycles. The molecule has 92 heavy (non-hydrogen) atoms. The molecule has 15 atom stereocenters. The van der Waals surface area contributed by atoms with Crippen LogP contribution in [0.1, 0.15) is 222 Å². The molecule has 0 bridgehead atoms. The quantitative estimate of drug-likeness (QED) is 0.0378. The molecule has 3 rings (SSSR count). The van der Waals surface area contributed by atoms with Crippen LogP contribution in [-0.4, -0.2) is 228 Å². The average molecular weight is 1320 g/mol. The topological polar surface area (TPSA) is 380 Å². The predicted octanol–water partition coefficient (Wildman–Crippen LogP) is 4.27. The van der Waals surface area contributed by atoms with Crippen LogP contribution < -0.4 is 21.3 Å². The number of ketones is 1. The summed E-state index contributed by atoms with van der Waals surface area (Å²) in [6.45, 7) is 15.6. The van der Waals surface area contributed by atoms with Gasteiger partial charge in [0, 0.05) is 115 Å². The van der Waals surface area contributed by atoms with Crippen LogP contribution in [0.15, 0.2) is 0 Å². The van der Waals surface area contributed by atoms with Crippen molar-refractivity contribution in [2.45, 2.75) is 301 Å². The number of Topliss-reactive ketones (excluding diaryl/α,β-unsaturated/α-hetero) is 1. The molecule has 0 aromatic carbocycles. The van der Waals surface area contributed by atoms with Gasteiger partial charge in [-0.15, -0.1) is 0 Å². The van der Waals surface area contributed by atoms with Crippen molar-refractivity contribution < 1.29 is 103 Å². The molecule has 3 fully saturated rings. The lowest BCUT2D eigenvalue weighted by atomic mass is 9.82. The van der Waals surface area contributed by atoms with Crippen LogP contribution in [0.2, 0.25) is 0 Å². The minimum Gasteiger partial charge on any atom is -0.394 e. The Labute approximate surface area is 549 Å². The van der Waals surface area contributed by atoms with Gasteiger partial charge in [-0.1, -0.05) is 106 Å². The minimum absolute atomic E-state index is 0.00680. The molecule has 0 saturated carbocycles. The Bertz CT molecular complexity index is 1800. The van der Waals surface area contributed by atoms with Gasteiger partial charge in [0.2, 0.25) is 23.6 Å². The average Bonchev–Trinajstić information content (AvgIpc) is 0.921. The van der Waals surface area contributed by atoms with Crippen LogP contribution in [-0.2, 0) is 57.1 Å². The van der Waals surface area contributed by atoms with Crippen molar-refractivity contribution in [2.75, 3.05) is 73.0 Å². The number of unbranched alkanes of at least 4 members (excludes halogenated alkanes) is 13. The van der Waals surface area contributed by atoms with Crippen molar-refractivity contribution in [3.8, 4) is 0 Å². The van der Waals surface area contributed by atoms with Gasteiger partial charge in [-0.25, -0.2) is 0 Å². The zero-order chi connectivity index (χ0) is 68.5. The van der Waals surface area contributed by atoms with Crippen molar-refractivity contribution in [3.63, 3.8) is 0 Å². The zero-order valence-electron chi connectivity index (χ0n) is 57.2. The summed E-state index contributed by atoms with van der Waals surface area (Å²) < 4.78 is 39.6. The SMILES string of the molecule is CC(C)(C)C.COCCCCCCNC(=O)CCCC(=O)NC(CCC(=O)CCCCCCCO[C@@H]1OC(CO)[C@H](O)[C@H](O)C1C)(CCC(=O)NCCCCCCO[C@@H]1OC(CO)[C@H](O)[C@H](O)C1C)CCC(=O)NCCCCCCO[C@@H]1OC(CO)[C@H](O)[C@H](O)C1C. The molecule has 3 aliphatic rings. The Morgan fingerprint density at radius 3 is 1.04 bits per heavy atom. The highest BCUT2D eigenvalue weighted by atomic mass is 16.7. The summed E-state index contributed by atoms with van der Waals surface area (Å²) in [4.78, 5) is 67.4. The number of hydrogen-bond donors (Lipinski definition) is 13. The second kappa shape index (κ2) is 48.6. The molecule has 540 valence electrons. The van der Waals surface area contributed by atoms with E-state index < -0.39 is 117 Å². The lowest BCUT2D eigenvalue weighted by Gasteiger charge is -2.40. The molecule has 13 N–H and O–H groups in total. The number of aliphatic hydroxyl groups excluding tert-OH is 9. The van der Waals surface area contributed by atoms with Crippen LogP contribution in [0.25, 0.3) is 0 Å². The second-order valence-corrected chi connectivity index (χ2v) is 27.3. The van der Waals surface area contributed by atoms with Crippen molar-refractivity contribution in [3.05, 3.63) is 0 Å². The number of hydrogen-bond acceptors (Lipinski definition) is 21. The number of methoxy groups -OCH3 is 1. The fourth-order valence-corrected chi connectivity index (χ4v) is 11.2. The molecule has 6 unspecified atom stereocenters. The van der Waals surface area contributed by atoms with E-state index in [2.05, 4.69) is 49.0 Å². The van der Waals surface area contributed by atoms with Crippen LogP contribution >= 0.6 is 0 Å².